The van der Waals surface area contributed by atoms with Gasteiger partial charge in [0.25, 0.3) is 5.91 Å². The van der Waals surface area contributed by atoms with Crippen LogP contribution in [-0.4, -0.2) is 28.8 Å². The minimum atomic E-state index is -0.116. The third-order valence-electron chi connectivity index (χ3n) is 3.93. The molecule has 2 N–H and O–H groups in total. The molecule has 0 aliphatic rings. The normalized spacial score (nSPS) is 10.5. The van der Waals surface area contributed by atoms with Gasteiger partial charge in [-0.15, -0.1) is 0 Å². The van der Waals surface area contributed by atoms with E-state index < -0.39 is 0 Å². The van der Waals surface area contributed by atoms with Gasteiger partial charge in [0.1, 0.15) is 0 Å². The van der Waals surface area contributed by atoms with Crippen LogP contribution in [0.5, 0.6) is 0 Å². The first kappa shape index (κ1) is 18.0. The minimum Gasteiger partial charge on any atom is -0.385 e. The number of amides is 1. The van der Waals surface area contributed by atoms with E-state index in [0.717, 1.165) is 24.2 Å². The van der Waals surface area contributed by atoms with E-state index in [1.54, 1.807) is 17.1 Å². The Kier molecular flexibility index (Phi) is 6.28. The lowest BCUT2D eigenvalue weighted by Crippen LogP contribution is -2.25. The third kappa shape index (κ3) is 5.10. The Morgan fingerprint density at radius 2 is 1.81 bits per heavy atom. The van der Waals surface area contributed by atoms with Gasteiger partial charge in [-0.3, -0.25) is 9.48 Å². The second-order valence-corrected chi connectivity index (χ2v) is 6.33. The molecule has 0 radical (unpaired) electrons. The Morgan fingerprint density at radius 3 is 2.62 bits per heavy atom. The number of hydrogen-bond donors (Lipinski definition) is 2. The highest BCUT2D eigenvalue weighted by Gasteiger charge is 2.09. The average Bonchev–Trinajstić information content (AvgIpc) is 3.13. The van der Waals surface area contributed by atoms with Gasteiger partial charge in [-0.25, -0.2) is 0 Å². The van der Waals surface area contributed by atoms with Gasteiger partial charge in [0.15, 0.2) is 0 Å². The number of carbonyl (C=O) groups is 1. The number of halogens is 1. The van der Waals surface area contributed by atoms with Crippen LogP contribution in [-0.2, 0) is 6.54 Å². The first-order valence-electron chi connectivity index (χ1n) is 8.55. The van der Waals surface area contributed by atoms with Gasteiger partial charge in [0.05, 0.1) is 18.3 Å². The highest BCUT2D eigenvalue weighted by Crippen LogP contribution is 2.16. The van der Waals surface area contributed by atoms with E-state index in [1.807, 2.05) is 54.6 Å². The number of aromatic nitrogens is 2. The van der Waals surface area contributed by atoms with E-state index in [9.17, 15) is 4.79 Å². The zero-order valence-corrected chi connectivity index (χ0v) is 15.1. The third-order valence-corrected chi connectivity index (χ3v) is 4.30. The zero-order valence-electron chi connectivity index (χ0n) is 14.4. The number of benzene rings is 2. The van der Waals surface area contributed by atoms with E-state index in [1.165, 1.54) is 0 Å². The molecule has 0 atom stereocenters. The van der Waals surface area contributed by atoms with E-state index in [4.69, 9.17) is 11.6 Å². The number of anilines is 1. The summed E-state index contributed by atoms with van der Waals surface area (Å²) in [7, 11) is 0. The standard InChI is InChI=1S/C20H21ClN4O/c21-19-10-5-4-7-16(19)14-25-15-17(13-24-25)20(26)23-12-6-11-22-18-8-2-1-3-9-18/h1-5,7-10,13,15,22H,6,11-12,14H2,(H,23,26). The van der Waals surface area contributed by atoms with Crippen molar-refractivity contribution in [1.29, 1.82) is 0 Å². The van der Waals surface area contributed by atoms with Crippen molar-refractivity contribution >= 4 is 23.2 Å². The molecule has 0 aliphatic carbocycles. The SMILES string of the molecule is O=C(NCCCNc1ccccc1)c1cnn(Cc2ccccc2Cl)c1. The van der Waals surface area contributed by atoms with Crippen LogP contribution in [0, 0.1) is 0 Å². The molecule has 134 valence electrons. The lowest BCUT2D eigenvalue weighted by atomic mass is 10.2. The fourth-order valence-electron chi connectivity index (χ4n) is 2.55. The molecule has 0 saturated carbocycles. The molecular weight excluding hydrogens is 348 g/mol. The van der Waals surface area contributed by atoms with E-state index in [2.05, 4.69) is 15.7 Å². The van der Waals surface area contributed by atoms with Gasteiger partial charge in [-0.05, 0) is 30.2 Å². The maximum atomic E-state index is 12.2. The molecule has 0 unspecified atom stereocenters. The molecule has 3 rings (SSSR count). The molecule has 2 aromatic carbocycles. The molecule has 1 aromatic heterocycles. The predicted molar refractivity (Wildman–Crippen MR) is 105 cm³/mol. The van der Waals surface area contributed by atoms with Crippen molar-refractivity contribution < 1.29 is 4.79 Å². The molecule has 5 nitrogen and oxygen atoms in total. The summed E-state index contributed by atoms with van der Waals surface area (Å²) in [4.78, 5) is 12.2. The molecule has 1 amide bonds. The van der Waals surface area contributed by atoms with Crippen molar-refractivity contribution in [1.82, 2.24) is 15.1 Å². The fraction of sp³-hybridized carbons (Fsp3) is 0.200. The van der Waals surface area contributed by atoms with Crippen LogP contribution in [0.1, 0.15) is 22.3 Å². The Hall–Kier alpha value is -2.79. The summed E-state index contributed by atoms with van der Waals surface area (Å²) < 4.78 is 1.72. The second kappa shape index (κ2) is 9.06. The van der Waals surface area contributed by atoms with Gasteiger partial charge in [-0.1, -0.05) is 48.0 Å². The van der Waals surface area contributed by atoms with Crippen molar-refractivity contribution in [3.63, 3.8) is 0 Å². The topological polar surface area (TPSA) is 59.0 Å². The van der Waals surface area contributed by atoms with E-state index >= 15 is 0 Å². The summed E-state index contributed by atoms with van der Waals surface area (Å²) in [5.41, 5.74) is 2.60. The Bertz CT molecular complexity index is 848. The highest BCUT2D eigenvalue weighted by atomic mass is 35.5. The maximum absolute atomic E-state index is 12.2. The lowest BCUT2D eigenvalue weighted by molar-refractivity contribution is 0.0953. The number of carbonyl (C=O) groups excluding carboxylic acids is 1. The minimum absolute atomic E-state index is 0.116. The van der Waals surface area contributed by atoms with Crippen LogP contribution in [0.2, 0.25) is 5.02 Å². The summed E-state index contributed by atoms with van der Waals surface area (Å²) >= 11 is 6.16. The Balaban J connectivity index is 1.42. The molecule has 6 heteroatoms. The van der Waals surface area contributed by atoms with Crippen LogP contribution >= 0.6 is 11.6 Å². The van der Waals surface area contributed by atoms with Crippen molar-refractivity contribution in [2.75, 3.05) is 18.4 Å². The van der Waals surface area contributed by atoms with Gasteiger partial charge in [0, 0.05) is 30.0 Å². The van der Waals surface area contributed by atoms with Crippen LogP contribution in [0.4, 0.5) is 5.69 Å². The predicted octanol–water partition coefficient (Wildman–Crippen LogP) is 3.82. The largest absolute Gasteiger partial charge is 0.385 e. The number of nitrogens with zero attached hydrogens (tertiary/aromatic N) is 2. The van der Waals surface area contributed by atoms with Gasteiger partial charge >= 0.3 is 0 Å². The fourth-order valence-corrected chi connectivity index (χ4v) is 2.75. The smallest absolute Gasteiger partial charge is 0.254 e. The van der Waals surface area contributed by atoms with Crippen molar-refractivity contribution in [3.8, 4) is 0 Å². The summed E-state index contributed by atoms with van der Waals surface area (Å²) in [6.07, 6.45) is 4.16. The zero-order chi connectivity index (χ0) is 18.2. The van der Waals surface area contributed by atoms with Crippen molar-refractivity contribution in [3.05, 3.63) is 83.1 Å². The van der Waals surface area contributed by atoms with Crippen LogP contribution in [0.3, 0.4) is 0 Å². The average molecular weight is 369 g/mol. The summed E-state index contributed by atoms with van der Waals surface area (Å²) in [5.74, 6) is -0.116. The number of hydrogen-bond acceptors (Lipinski definition) is 3. The summed E-state index contributed by atoms with van der Waals surface area (Å²) in [5, 5.41) is 11.2. The molecule has 26 heavy (non-hydrogen) atoms. The number of nitrogens with one attached hydrogen (secondary N) is 2. The van der Waals surface area contributed by atoms with Crippen LogP contribution < -0.4 is 10.6 Å². The van der Waals surface area contributed by atoms with Crippen molar-refractivity contribution in [2.24, 2.45) is 0 Å². The van der Waals surface area contributed by atoms with Crippen LogP contribution in [0.15, 0.2) is 67.0 Å². The van der Waals surface area contributed by atoms with Gasteiger partial charge in [0.2, 0.25) is 0 Å². The molecule has 0 fully saturated rings. The summed E-state index contributed by atoms with van der Waals surface area (Å²) in [6, 6.07) is 17.6. The Labute approximate surface area is 158 Å². The second-order valence-electron chi connectivity index (χ2n) is 5.92. The molecule has 1 heterocycles. The first-order chi connectivity index (χ1) is 12.7. The Morgan fingerprint density at radius 1 is 1.04 bits per heavy atom. The highest BCUT2D eigenvalue weighted by molar-refractivity contribution is 6.31. The molecule has 0 saturated heterocycles. The molecule has 3 aromatic rings. The number of para-hydroxylation sites is 1. The first-order valence-corrected chi connectivity index (χ1v) is 8.93. The monoisotopic (exact) mass is 368 g/mol. The quantitative estimate of drug-likeness (QED) is 0.594. The summed E-state index contributed by atoms with van der Waals surface area (Å²) in [6.45, 7) is 1.94. The van der Waals surface area contributed by atoms with Gasteiger partial charge < -0.3 is 10.6 Å². The van der Waals surface area contributed by atoms with Crippen LogP contribution in [0.25, 0.3) is 0 Å². The molecule has 0 aliphatic heterocycles. The lowest BCUT2D eigenvalue weighted by Gasteiger charge is -2.07. The van der Waals surface area contributed by atoms with Crippen molar-refractivity contribution in [2.45, 2.75) is 13.0 Å². The maximum Gasteiger partial charge on any atom is 0.254 e. The van der Waals surface area contributed by atoms with E-state index in [-0.39, 0.29) is 5.91 Å². The molecule has 0 spiro atoms. The van der Waals surface area contributed by atoms with Gasteiger partial charge in [-0.2, -0.15) is 5.10 Å². The number of rotatable bonds is 8. The van der Waals surface area contributed by atoms with E-state index in [0.29, 0.717) is 23.7 Å². The molecule has 0 bridgehead atoms. The molecular formula is C20H21ClN4O.